The fraction of sp³-hybridized carbons (Fsp3) is 0.250. The summed E-state index contributed by atoms with van der Waals surface area (Å²) < 4.78 is 27.2. The van der Waals surface area contributed by atoms with Crippen LogP contribution in [0.5, 0.6) is 0 Å². The summed E-state index contributed by atoms with van der Waals surface area (Å²) >= 11 is 0.944. The molecule has 1 atom stereocenters. The van der Waals surface area contributed by atoms with Crippen LogP contribution in [0, 0.1) is 0 Å². The number of hydrogen-bond acceptors (Lipinski definition) is 6. The average molecular weight is 382 g/mol. The lowest BCUT2D eigenvalue weighted by atomic mass is 10.0. The van der Waals surface area contributed by atoms with Crippen LogP contribution in [0.15, 0.2) is 46.7 Å². The average Bonchev–Trinajstić information content (AvgIpc) is 3.03. The summed E-state index contributed by atoms with van der Waals surface area (Å²) in [6.45, 7) is 0. The molecular formula is C16H18N2O5S2. The minimum Gasteiger partial charge on any atom is -0.469 e. The van der Waals surface area contributed by atoms with Crippen LogP contribution < -0.4 is 10.5 Å². The van der Waals surface area contributed by atoms with Gasteiger partial charge in [-0.2, -0.15) is 0 Å². The number of thiophene rings is 1. The maximum absolute atomic E-state index is 12.3. The summed E-state index contributed by atoms with van der Waals surface area (Å²) in [4.78, 5) is 24.4. The standard InChI is InChI=1S/C16H18N2O5S2/c1-23-15(20)10-13(11-5-3-2-4-6-11)18-14(19)9-12-7-8-16(24-12)25(17,21)22/h2-8,13H,9-10H2,1H3,(H,18,19)(H2,17,21,22). The number of amides is 1. The third kappa shape index (κ3) is 5.66. The van der Waals surface area contributed by atoms with Gasteiger partial charge < -0.3 is 10.1 Å². The van der Waals surface area contributed by atoms with Gasteiger partial charge >= 0.3 is 5.97 Å². The number of sulfonamides is 1. The van der Waals surface area contributed by atoms with E-state index in [1.807, 2.05) is 18.2 Å². The van der Waals surface area contributed by atoms with Gasteiger partial charge in [-0.3, -0.25) is 9.59 Å². The summed E-state index contributed by atoms with van der Waals surface area (Å²) in [5, 5.41) is 7.84. The summed E-state index contributed by atoms with van der Waals surface area (Å²) in [7, 11) is -2.49. The minimum atomic E-state index is -3.78. The van der Waals surface area contributed by atoms with Gasteiger partial charge in [0, 0.05) is 4.88 Å². The first-order valence-corrected chi connectivity index (χ1v) is 9.68. The van der Waals surface area contributed by atoms with Crippen molar-refractivity contribution >= 4 is 33.2 Å². The molecule has 0 aliphatic carbocycles. The fourth-order valence-corrected chi connectivity index (χ4v) is 3.97. The van der Waals surface area contributed by atoms with E-state index in [9.17, 15) is 18.0 Å². The molecule has 2 rings (SSSR count). The molecule has 0 fully saturated rings. The normalized spacial score (nSPS) is 12.4. The summed E-state index contributed by atoms with van der Waals surface area (Å²) in [5.74, 6) is -0.776. The van der Waals surface area contributed by atoms with E-state index >= 15 is 0 Å². The fourth-order valence-electron chi connectivity index (χ4n) is 2.20. The van der Waals surface area contributed by atoms with Crippen molar-refractivity contribution in [1.82, 2.24) is 5.32 Å². The summed E-state index contributed by atoms with van der Waals surface area (Å²) in [5.41, 5.74) is 0.776. The molecule has 0 saturated carbocycles. The molecule has 1 amide bonds. The second kappa shape index (κ2) is 8.24. The second-order valence-electron chi connectivity index (χ2n) is 5.25. The van der Waals surface area contributed by atoms with Gasteiger partial charge in [-0.05, 0) is 17.7 Å². The van der Waals surface area contributed by atoms with Gasteiger partial charge in [0.1, 0.15) is 4.21 Å². The molecule has 2 aromatic rings. The number of hydrogen-bond donors (Lipinski definition) is 2. The van der Waals surface area contributed by atoms with Crippen LogP contribution in [0.4, 0.5) is 0 Å². The van der Waals surface area contributed by atoms with Crippen molar-refractivity contribution < 1.29 is 22.7 Å². The Labute approximate surface area is 149 Å². The maximum Gasteiger partial charge on any atom is 0.307 e. The Kier molecular flexibility index (Phi) is 6.29. The van der Waals surface area contributed by atoms with E-state index in [1.54, 1.807) is 18.2 Å². The van der Waals surface area contributed by atoms with Gasteiger partial charge in [0.25, 0.3) is 0 Å². The van der Waals surface area contributed by atoms with Gasteiger partial charge in [0.15, 0.2) is 0 Å². The van der Waals surface area contributed by atoms with Crippen molar-refractivity contribution in [2.24, 2.45) is 5.14 Å². The highest BCUT2D eigenvalue weighted by Crippen LogP contribution is 2.22. The topological polar surface area (TPSA) is 116 Å². The van der Waals surface area contributed by atoms with Crippen molar-refractivity contribution in [1.29, 1.82) is 0 Å². The lowest BCUT2D eigenvalue weighted by Crippen LogP contribution is -2.31. The number of rotatable bonds is 7. The zero-order valence-corrected chi connectivity index (χ0v) is 15.1. The SMILES string of the molecule is COC(=O)CC(NC(=O)Cc1ccc(S(N)(=O)=O)s1)c1ccccc1. The highest BCUT2D eigenvalue weighted by Gasteiger charge is 2.20. The molecule has 0 aliphatic heterocycles. The predicted octanol–water partition coefficient (Wildman–Crippen LogP) is 1.36. The van der Waals surface area contributed by atoms with Crippen LogP contribution in [-0.2, 0) is 30.8 Å². The van der Waals surface area contributed by atoms with Crippen molar-refractivity contribution in [3.8, 4) is 0 Å². The van der Waals surface area contributed by atoms with Crippen molar-refractivity contribution in [3.05, 3.63) is 52.9 Å². The number of primary sulfonamides is 1. The van der Waals surface area contributed by atoms with Crippen molar-refractivity contribution in [3.63, 3.8) is 0 Å². The lowest BCUT2D eigenvalue weighted by molar-refractivity contribution is -0.141. The molecule has 1 heterocycles. The number of nitrogens with two attached hydrogens (primary N) is 1. The van der Waals surface area contributed by atoms with Gasteiger partial charge in [0.2, 0.25) is 15.9 Å². The number of benzene rings is 1. The first-order valence-electron chi connectivity index (χ1n) is 7.32. The zero-order chi connectivity index (χ0) is 18.4. The number of esters is 1. The quantitative estimate of drug-likeness (QED) is 0.702. The molecule has 1 aromatic carbocycles. The third-order valence-corrected chi connectivity index (χ3v) is 5.91. The number of ether oxygens (including phenoxy) is 1. The lowest BCUT2D eigenvalue weighted by Gasteiger charge is -2.18. The van der Waals surface area contributed by atoms with Gasteiger partial charge in [-0.15, -0.1) is 11.3 Å². The molecule has 134 valence electrons. The predicted molar refractivity (Wildman–Crippen MR) is 93.4 cm³/mol. The molecule has 0 bridgehead atoms. The largest absolute Gasteiger partial charge is 0.469 e. The first-order chi connectivity index (χ1) is 11.8. The second-order valence-corrected chi connectivity index (χ2v) is 8.21. The van der Waals surface area contributed by atoms with Gasteiger partial charge in [-0.1, -0.05) is 30.3 Å². The molecule has 3 N–H and O–H groups in total. The Balaban J connectivity index is 2.09. The van der Waals surface area contributed by atoms with Crippen LogP contribution in [0.3, 0.4) is 0 Å². The van der Waals surface area contributed by atoms with Crippen LogP contribution in [-0.4, -0.2) is 27.4 Å². The summed E-state index contributed by atoms with van der Waals surface area (Å²) in [6.07, 6.45) is -0.0101. The van der Waals surface area contributed by atoms with Gasteiger partial charge in [0.05, 0.1) is 26.0 Å². The molecule has 0 aliphatic rings. The van der Waals surface area contributed by atoms with Gasteiger partial charge in [-0.25, -0.2) is 13.6 Å². The summed E-state index contributed by atoms with van der Waals surface area (Å²) in [6, 6.07) is 11.4. The number of nitrogens with one attached hydrogen (secondary N) is 1. The Hall–Kier alpha value is -2.23. The molecule has 1 unspecified atom stereocenters. The maximum atomic E-state index is 12.3. The van der Waals surface area contributed by atoms with E-state index in [0.29, 0.717) is 4.88 Å². The van der Waals surface area contributed by atoms with Crippen LogP contribution in [0.2, 0.25) is 0 Å². The molecular weight excluding hydrogens is 364 g/mol. The molecule has 0 saturated heterocycles. The molecule has 1 aromatic heterocycles. The first kappa shape index (κ1) is 19.1. The smallest absolute Gasteiger partial charge is 0.307 e. The van der Waals surface area contributed by atoms with E-state index in [-0.39, 0.29) is 23.0 Å². The van der Waals surface area contributed by atoms with E-state index in [1.165, 1.54) is 13.2 Å². The van der Waals surface area contributed by atoms with Crippen LogP contribution in [0.25, 0.3) is 0 Å². The Morgan fingerprint density at radius 3 is 2.44 bits per heavy atom. The van der Waals surface area contributed by atoms with E-state index in [4.69, 9.17) is 5.14 Å². The highest BCUT2D eigenvalue weighted by molar-refractivity contribution is 7.91. The van der Waals surface area contributed by atoms with Crippen molar-refractivity contribution in [2.45, 2.75) is 23.1 Å². The number of carbonyl (C=O) groups is 2. The molecule has 9 heteroatoms. The van der Waals surface area contributed by atoms with Crippen LogP contribution >= 0.6 is 11.3 Å². The molecule has 25 heavy (non-hydrogen) atoms. The Bertz CT molecular complexity index is 846. The van der Waals surface area contributed by atoms with Crippen LogP contribution in [0.1, 0.15) is 22.9 Å². The van der Waals surface area contributed by atoms with E-state index < -0.39 is 22.0 Å². The molecule has 7 nitrogen and oxygen atoms in total. The molecule has 0 radical (unpaired) electrons. The number of methoxy groups -OCH3 is 1. The Morgan fingerprint density at radius 2 is 1.88 bits per heavy atom. The number of carbonyl (C=O) groups excluding carboxylic acids is 2. The Morgan fingerprint density at radius 1 is 1.20 bits per heavy atom. The highest BCUT2D eigenvalue weighted by atomic mass is 32.2. The third-order valence-electron chi connectivity index (χ3n) is 3.39. The minimum absolute atomic E-state index is 0.000870. The molecule has 0 spiro atoms. The van der Waals surface area contributed by atoms with Crippen molar-refractivity contribution in [2.75, 3.05) is 7.11 Å². The monoisotopic (exact) mass is 382 g/mol. The zero-order valence-electron chi connectivity index (χ0n) is 13.5. The van der Waals surface area contributed by atoms with E-state index in [0.717, 1.165) is 16.9 Å². The van der Waals surface area contributed by atoms with E-state index in [2.05, 4.69) is 10.1 Å².